The summed E-state index contributed by atoms with van der Waals surface area (Å²) in [6.07, 6.45) is 1.76. The Bertz CT molecular complexity index is 793. The molecule has 140 valence electrons. The van der Waals surface area contributed by atoms with Gasteiger partial charge in [0.1, 0.15) is 17.4 Å². The Labute approximate surface area is 152 Å². The predicted molar refractivity (Wildman–Crippen MR) is 98.3 cm³/mol. The molecule has 0 saturated heterocycles. The van der Waals surface area contributed by atoms with Gasteiger partial charge in [-0.15, -0.1) is 0 Å². The molecule has 0 aliphatic rings. The number of aromatic nitrogens is 1. The maximum absolute atomic E-state index is 13.7. The molecule has 0 saturated carbocycles. The average Bonchev–Trinajstić information content (AvgIpc) is 2.61. The van der Waals surface area contributed by atoms with Crippen LogP contribution < -0.4 is 15.4 Å². The Morgan fingerprint density at radius 2 is 2.00 bits per heavy atom. The minimum Gasteiger partial charge on any atom is -0.496 e. The van der Waals surface area contributed by atoms with Crippen molar-refractivity contribution in [3.05, 3.63) is 58.4 Å². The maximum Gasteiger partial charge on any atom is 0.191 e. The number of nitrogens with one attached hydrogen (secondary N) is 2. The van der Waals surface area contributed by atoms with Crippen LogP contribution in [-0.2, 0) is 13.1 Å². The van der Waals surface area contributed by atoms with Gasteiger partial charge in [0.15, 0.2) is 5.96 Å². The van der Waals surface area contributed by atoms with Crippen molar-refractivity contribution in [1.82, 2.24) is 15.6 Å². The lowest BCUT2D eigenvalue weighted by Crippen LogP contribution is -2.37. The number of aryl methyl sites for hydroxylation is 1. The highest BCUT2D eigenvalue weighted by molar-refractivity contribution is 5.79. The molecule has 0 spiro atoms. The third-order valence-corrected chi connectivity index (χ3v) is 3.93. The molecule has 1 aromatic carbocycles. The van der Waals surface area contributed by atoms with E-state index in [1.54, 1.807) is 13.3 Å². The molecular weight excluding hydrogens is 338 g/mol. The van der Waals surface area contributed by atoms with Gasteiger partial charge in [-0.2, -0.15) is 0 Å². The number of rotatable bonds is 6. The largest absolute Gasteiger partial charge is 0.496 e. The van der Waals surface area contributed by atoms with Crippen LogP contribution in [0.5, 0.6) is 5.75 Å². The van der Waals surface area contributed by atoms with Crippen molar-refractivity contribution in [3.8, 4) is 5.75 Å². The molecule has 0 atom stereocenters. The second-order valence-electron chi connectivity index (χ2n) is 5.83. The first-order chi connectivity index (χ1) is 12.5. The summed E-state index contributed by atoms with van der Waals surface area (Å²) in [5, 5.41) is 6.24. The van der Waals surface area contributed by atoms with Crippen molar-refractivity contribution < 1.29 is 13.5 Å². The van der Waals surface area contributed by atoms with Crippen molar-refractivity contribution in [2.75, 3.05) is 13.7 Å². The summed E-state index contributed by atoms with van der Waals surface area (Å²) in [4.78, 5) is 8.75. The summed E-state index contributed by atoms with van der Waals surface area (Å²) in [6.45, 7) is 6.92. The Hall–Kier alpha value is -2.70. The highest BCUT2D eigenvalue weighted by atomic mass is 19.1. The van der Waals surface area contributed by atoms with Gasteiger partial charge in [0.05, 0.1) is 25.9 Å². The number of aliphatic imine (C=N–C) groups is 1. The number of methoxy groups -OCH3 is 1. The SMILES string of the molecule is CCNC(=NCc1cc(F)ccc1F)NCc1ncc(C)c(OC)c1C. The molecule has 26 heavy (non-hydrogen) atoms. The molecule has 0 aliphatic carbocycles. The minimum absolute atomic E-state index is 0.0303. The first-order valence-corrected chi connectivity index (χ1v) is 8.41. The van der Waals surface area contributed by atoms with Crippen LogP contribution >= 0.6 is 0 Å². The van der Waals surface area contributed by atoms with Gasteiger partial charge < -0.3 is 15.4 Å². The molecular formula is C19H24F2N4O. The molecule has 2 aromatic rings. The van der Waals surface area contributed by atoms with E-state index in [1.807, 2.05) is 20.8 Å². The van der Waals surface area contributed by atoms with Crippen LogP contribution in [-0.4, -0.2) is 24.6 Å². The molecule has 2 N–H and O–H groups in total. The van der Waals surface area contributed by atoms with Crippen LogP contribution in [0.1, 0.15) is 29.3 Å². The van der Waals surface area contributed by atoms with Gasteiger partial charge in [0.25, 0.3) is 0 Å². The Balaban J connectivity index is 2.12. The first kappa shape index (κ1) is 19.6. The van der Waals surface area contributed by atoms with E-state index in [2.05, 4.69) is 20.6 Å². The van der Waals surface area contributed by atoms with Crippen LogP contribution in [0, 0.1) is 25.5 Å². The lowest BCUT2D eigenvalue weighted by atomic mass is 10.1. The molecule has 0 fully saturated rings. The summed E-state index contributed by atoms with van der Waals surface area (Å²) >= 11 is 0. The number of ether oxygens (including phenoxy) is 1. The fourth-order valence-corrected chi connectivity index (χ4v) is 2.59. The maximum atomic E-state index is 13.7. The Kier molecular flexibility index (Phi) is 6.89. The van der Waals surface area contributed by atoms with E-state index in [0.717, 1.165) is 40.8 Å². The van der Waals surface area contributed by atoms with Gasteiger partial charge in [-0.1, -0.05) is 0 Å². The third kappa shape index (κ3) is 4.91. The molecule has 0 aliphatic heterocycles. The summed E-state index contributed by atoms with van der Waals surface area (Å²) in [7, 11) is 1.63. The first-order valence-electron chi connectivity index (χ1n) is 8.41. The number of guanidine groups is 1. The second kappa shape index (κ2) is 9.12. The zero-order chi connectivity index (χ0) is 19.1. The van der Waals surface area contributed by atoms with Gasteiger partial charge in [0, 0.05) is 29.4 Å². The second-order valence-corrected chi connectivity index (χ2v) is 5.83. The standard InChI is InChI=1S/C19H24F2N4O/c1-5-22-19(24-10-14-8-15(20)6-7-16(14)21)25-11-17-13(3)18(26-4)12(2)9-23-17/h6-9H,5,10-11H2,1-4H3,(H2,22,24,25). The smallest absolute Gasteiger partial charge is 0.191 e. The van der Waals surface area contributed by atoms with Crippen molar-refractivity contribution >= 4 is 5.96 Å². The molecule has 0 unspecified atom stereocenters. The van der Waals surface area contributed by atoms with Gasteiger partial charge in [-0.3, -0.25) is 4.98 Å². The summed E-state index contributed by atoms with van der Waals surface area (Å²) in [5.41, 5.74) is 2.95. The van der Waals surface area contributed by atoms with E-state index >= 15 is 0 Å². The molecule has 7 heteroatoms. The van der Waals surface area contributed by atoms with E-state index in [1.165, 1.54) is 0 Å². The van der Waals surface area contributed by atoms with Gasteiger partial charge >= 0.3 is 0 Å². The molecule has 2 rings (SSSR count). The van der Waals surface area contributed by atoms with Gasteiger partial charge in [0.2, 0.25) is 0 Å². The van der Waals surface area contributed by atoms with E-state index in [9.17, 15) is 8.78 Å². The zero-order valence-corrected chi connectivity index (χ0v) is 15.5. The number of nitrogens with zero attached hydrogens (tertiary/aromatic N) is 2. The summed E-state index contributed by atoms with van der Waals surface area (Å²) < 4.78 is 32.4. The summed E-state index contributed by atoms with van der Waals surface area (Å²) in [5.74, 6) is 0.338. The lowest BCUT2D eigenvalue weighted by Gasteiger charge is -2.15. The molecule has 1 aromatic heterocycles. The van der Waals surface area contributed by atoms with Crippen LogP contribution in [0.25, 0.3) is 0 Å². The van der Waals surface area contributed by atoms with Crippen molar-refractivity contribution in [3.63, 3.8) is 0 Å². The average molecular weight is 362 g/mol. The quantitative estimate of drug-likeness (QED) is 0.612. The number of pyridine rings is 1. The van der Waals surface area contributed by atoms with Crippen LogP contribution in [0.4, 0.5) is 8.78 Å². The topological polar surface area (TPSA) is 58.5 Å². The van der Waals surface area contributed by atoms with Crippen LogP contribution in [0.2, 0.25) is 0 Å². The predicted octanol–water partition coefficient (Wildman–Crippen LogP) is 3.24. The number of benzene rings is 1. The van der Waals surface area contributed by atoms with Crippen molar-refractivity contribution in [1.29, 1.82) is 0 Å². The lowest BCUT2D eigenvalue weighted by molar-refractivity contribution is 0.406. The monoisotopic (exact) mass is 362 g/mol. The van der Waals surface area contributed by atoms with Crippen LogP contribution in [0.15, 0.2) is 29.4 Å². The molecule has 0 radical (unpaired) electrons. The van der Waals surface area contributed by atoms with Gasteiger partial charge in [-0.05, 0) is 39.0 Å². The molecule has 1 heterocycles. The zero-order valence-electron chi connectivity index (χ0n) is 15.5. The molecule has 0 bridgehead atoms. The van der Waals surface area contributed by atoms with E-state index in [0.29, 0.717) is 19.0 Å². The number of halogens is 2. The van der Waals surface area contributed by atoms with Crippen molar-refractivity contribution in [2.45, 2.75) is 33.9 Å². The Morgan fingerprint density at radius 1 is 1.23 bits per heavy atom. The third-order valence-electron chi connectivity index (χ3n) is 3.93. The minimum atomic E-state index is -0.485. The highest BCUT2D eigenvalue weighted by Crippen LogP contribution is 2.23. The van der Waals surface area contributed by atoms with E-state index in [4.69, 9.17) is 4.74 Å². The summed E-state index contributed by atoms with van der Waals surface area (Å²) in [6, 6.07) is 3.34. The molecule has 0 amide bonds. The fraction of sp³-hybridized carbons (Fsp3) is 0.368. The van der Waals surface area contributed by atoms with E-state index < -0.39 is 11.6 Å². The fourth-order valence-electron chi connectivity index (χ4n) is 2.59. The van der Waals surface area contributed by atoms with Crippen molar-refractivity contribution in [2.24, 2.45) is 4.99 Å². The molecule has 5 nitrogen and oxygen atoms in total. The highest BCUT2D eigenvalue weighted by Gasteiger charge is 2.10. The van der Waals surface area contributed by atoms with Crippen LogP contribution in [0.3, 0.4) is 0 Å². The van der Waals surface area contributed by atoms with Gasteiger partial charge in [-0.25, -0.2) is 13.8 Å². The number of hydrogen-bond acceptors (Lipinski definition) is 3. The van der Waals surface area contributed by atoms with E-state index in [-0.39, 0.29) is 12.1 Å². The Morgan fingerprint density at radius 3 is 2.69 bits per heavy atom. The number of hydrogen-bond donors (Lipinski definition) is 2. The normalized spacial score (nSPS) is 11.4.